The van der Waals surface area contributed by atoms with Crippen LogP contribution in [0.1, 0.15) is 45.2 Å². The van der Waals surface area contributed by atoms with Gasteiger partial charge in [0, 0.05) is 6.04 Å². The van der Waals surface area contributed by atoms with Crippen LogP contribution in [0.4, 0.5) is 4.39 Å². The summed E-state index contributed by atoms with van der Waals surface area (Å²) in [5, 5.41) is 0. The predicted molar refractivity (Wildman–Crippen MR) is 72.9 cm³/mol. The lowest BCUT2D eigenvalue weighted by atomic mass is 9.87. The van der Waals surface area contributed by atoms with Crippen LogP contribution in [0.3, 0.4) is 0 Å². The molecule has 0 aliphatic heterocycles. The van der Waals surface area contributed by atoms with E-state index in [2.05, 4.69) is 42.1 Å². The van der Waals surface area contributed by atoms with Crippen molar-refractivity contribution < 1.29 is 4.39 Å². The number of nitrogens with two attached hydrogens (primary N) is 1. The zero-order valence-corrected chi connectivity index (χ0v) is 12.1. The Bertz CT molecular complexity index is 374. The van der Waals surface area contributed by atoms with Crippen LogP contribution in [-0.2, 0) is 0 Å². The van der Waals surface area contributed by atoms with E-state index in [1.54, 1.807) is 12.1 Å². The number of benzene rings is 1. The maximum absolute atomic E-state index is 13.1. The average molecular weight is 303 g/mol. The molecule has 0 radical (unpaired) electrons. The minimum Gasteiger partial charge on any atom is -0.271 e. The Morgan fingerprint density at radius 1 is 1.41 bits per heavy atom. The molecular weight excluding hydrogens is 283 g/mol. The van der Waals surface area contributed by atoms with Gasteiger partial charge in [0.1, 0.15) is 5.82 Å². The zero-order valence-electron chi connectivity index (χ0n) is 10.6. The molecule has 0 saturated carbocycles. The standard InChI is InChI=1S/C13H20BrFN2/c1-13(2,3)7-6-12(17-16)9-4-5-11(15)10(14)8-9/h4-5,8,12,17H,6-7,16H2,1-3H3. The summed E-state index contributed by atoms with van der Waals surface area (Å²) in [7, 11) is 0. The van der Waals surface area contributed by atoms with Crippen molar-refractivity contribution in [3.05, 3.63) is 34.1 Å². The highest BCUT2D eigenvalue weighted by Gasteiger charge is 2.16. The summed E-state index contributed by atoms with van der Waals surface area (Å²) in [6.07, 6.45) is 1.98. The number of nitrogens with one attached hydrogen (secondary N) is 1. The van der Waals surface area contributed by atoms with E-state index in [1.807, 2.05) is 0 Å². The molecule has 3 N–H and O–H groups in total. The van der Waals surface area contributed by atoms with Crippen LogP contribution >= 0.6 is 15.9 Å². The molecule has 96 valence electrons. The number of halogens is 2. The van der Waals surface area contributed by atoms with Crippen molar-refractivity contribution in [2.75, 3.05) is 0 Å². The molecule has 0 saturated heterocycles. The SMILES string of the molecule is CC(C)(C)CCC(NN)c1ccc(F)c(Br)c1. The molecule has 1 aromatic carbocycles. The molecule has 0 heterocycles. The molecule has 0 amide bonds. The van der Waals surface area contributed by atoms with Crippen LogP contribution in [0.15, 0.2) is 22.7 Å². The van der Waals surface area contributed by atoms with Gasteiger partial charge in [0.25, 0.3) is 0 Å². The highest BCUT2D eigenvalue weighted by molar-refractivity contribution is 9.10. The van der Waals surface area contributed by atoms with Gasteiger partial charge in [-0.2, -0.15) is 0 Å². The largest absolute Gasteiger partial charge is 0.271 e. The van der Waals surface area contributed by atoms with Crippen molar-refractivity contribution in [2.24, 2.45) is 11.3 Å². The Kier molecular flexibility index (Phi) is 5.10. The first-order chi connectivity index (χ1) is 7.83. The minimum atomic E-state index is -0.250. The molecule has 1 rings (SSSR count). The molecule has 4 heteroatoms. The van der Waals surface area contributed by atoms with E-state index in [-0.39, 0.29) is 17.3 Å². The van der Waals surface area contributed by atoms with Crippen LogP contribution < -0.4 is 11.3 Å². The Morgan fingerprint density at radius 2 is 2.06 bits per heavy atom. The number of hydrogen-bond acceptors (Lipinski definition) is 2. The van der Waals surface area contributed by atoms with E-state index in [0.29, 0.717) is 4.47 Å². The predicted octanol–water partition coefficient (Wildman–Crippen LogP) is 3.92. The third-order valence-electron chi connectivity index (χ3n) is 2.73. The minimum absolute atomic E-state index is 0.0612. The maximum atomic E-state index is 13.1. The van der Waals surface area contributed by atoms with Crippen molar-refractivity contribution >= 4 is 15.9 Å². The third-order valence-corrected chi connectivity index (χ3v) is 3.34. The molecule has 0 aromatic heterocycles. The van der Waals surface area contributed by atoms with Gasteiger partial charge < -0.3 is 0 Å². The van der Waals surface area contributed by atoms with Crippen LogP contribution in [0, 0.1) is 11.2 Å². The summed E-state index contributed by atoms with van der Waals surface area (Å²) in [5.41, 5.74) is 4.07. The van der Waals surface area contributed by atoms with Crippen LogP contribution in [0.25, 0.3) is 0 Å². The molecule has 0 aliphatic rings. The first kappa shape index (κ1) is 14.6. The highest BCUT2D eigenvalue weighted by Crippen LogP contribution is 2.28. The molecule has 0 bridgehead atoms. The summed E-state index contributed by atoms with van der Waals surface area (Å²) in [4.78, 5) is 0. The smallest absolute Gasteiger partial charge is 0.137 e. The topological polar surface area (TPSA) is 38.0 Å². The molecule has 1 aromatic rings. The fourth-order valence-electron chi connectivity index (χ4n) is 1.65. The second kappa shape index (κ2) is 5.94. The van der Waals surface area contributed by atoms with Gasteiger partial charge in [-0.1, -0.05) is 26.8 Å². The second-order valence-corrected chi connectivity index (χ2v) is 6.35. The van der Waals surface area contributed by atoms with Crippen molar-refractivity contribution in [3.8, 4) is 0 Å². The molecule has 0 spiro atoms. The van der Waals surface area contributed by atoms with Gasteiger partial charge in [0.2, 0.25) is 0 Å². The lowest BCUT2D eigenvalue weighted by Crippen LogP contribution is -2.29. The molecule has 0 aliphatic carbocycles. The monoisotopic (exact) mass is 302 g/mol. The van der Waals surface area contributed by atoms with Crippen molar-refractivity contribution in [1.29, 1.82) is 0 Å². The highest BCUT2D eigenvalue weighted by atomic mass is 79.9. The fraction of sp³-hybridized carbons (Fsp3) is 0.538. The van der Waals surface area contributed by atoms with E-state index >= 15 is 0 Å². The molecule has 17 heavy (non-hydrogen) atoms. The van der Waals surface area contributed by atoms with E-state index in [0.717, 1.165) is 18.4 Å². The van der Waals surface area contributed by atoms with Gasteiger partial charge in [0.05, 0.1) is 4.47 Å². The number of hydrazine groups is 1. The average Bonchev–Trinajstić information content (AvgIpc) is 2.22. The normalized spacial score (nSPS) is 13.8. The van der Waals surface area contributed by atoms with Gasteiger partial charge in [-0.05, 0) is 51.9 Å². The zero-order chi connectivity index (χ0) is 13.1. The summed E-state index contributed by atoms with van der Waals surface area (Å²) < 4.78 is 13.6. The first-order valence-electron chi connectivity index (χ1n) is 5.74. The fourth-order valence-corrected chi connectivity index (χ4v) is 2.05. The van der Waals surface area contributed by atoms with Gasteiger partial charge in [0.15, 0.2) is 0 Å². The summed E-state index contributed by atoms with van der Waals surface area (Å²) in [6.45, 7) is 6.59. The van der Waals surface area contributed by atoms with E-state index in [1.165, 1.54) is 6.07 Å². The van der Waals surface area contributed by atoms with Crippen LogP contribution in [0.5, 0.6) is 0 Å². The molecule has 0 fully saturated rings. The Balaban J connectivity index is 2.76. The van der Waals surface area contributed by atoms with Crippen LogP contribution in [-0.4, -0.2) is 0 Å². The van der Waals surface area contributed by atoms with Gasteiger partial charge in [-0.25, -0.2) is 4.39 Å². The Labute approximate surface area is 111 Å². The Morgan fingerprint density at radius 3 is 2.53 bits per heavy atom. The molecular formula is C13H20BrFN2. The van der Waals surface area contributed by atoms with E-state index in [4.69, 9.17) is 5.84 Å². The van der Waals surface area contributed by atoms with E-state index in [9.17, 15) is 4.39 Å². The Hall–Kier alpha value is -0.450. The number of rotatable bonds is 4. The lowest BCUT2D eigenvalue weighted by Gasteiger charge is -2.23. The van der Waals surface area contributed by atoms with E-state index < -0.39 is 0 Å². The van der Waals surface area contributed by atoms with Crippen molar-refractivity contribution in [1.82, 2.24) is 5.43 Å². The van der Waals surface area contributed by atoms with Gasteiger partial charge in [-0.15, -0.1) is 0 Å². The molecule has 2 nitrogen and oxygen atoms in total. The molecule has 1 unspecified atom stereocenters. The maximum Gasteiger partial charge on any atom is 0.137 e. The lowest BCUT2D eigenvalue weighted by molar-refractivity contribution is 0.333. The van der Waals surface area contributed by atoms with Gasteiger partial charge >= 0.3 is 0 Å². The summed E-state index contributed by atoms with van der Waals surface area (Å²) in [6, 6.07) is 5.07. The number of hydrogen-bond donors (Lipinski definition) is 2. The summed E-state index contributed by atoms with van der Waals surface area (Å²) in [5.74, 6) is 5.31. The van der Waals surface area contributed by atoms with Crippen LogP contribution in [0.2, 0.25) is 0 Å². The summed E-state index contributed by atoms with van der Waals surface area (Å²) >= 11 is 3.19. The quantitative estimate of drug-likeness (QED) is 0.653. The molecule has 1 atom stereocenters. The third kappa shape index (κ3) is 4.74. The second-order valence-electron chi connectivity index (χ2n) is 5.49. The van der Waals surface area contributed by atoms with Crippen molar-refractivity contribution in [3.63, 3.8) is 0 Å². The van der Waals surface area contributed by atoms with Crippen molar-refractivity contribution in [2.45, 2.75) is 39.7 Å². The van der Waals surface area contributed by atoms with Gasteiger partial charge in [-0.3, -0.25) is 11.3 Å². The first-order valence-corrected chi connectivity index (χ1v) is 6.54.